The van der Waals surface area contributed by atoms with E-state index in [1.165, 1.54) is 0 Å². The Morgan fingerprint density at radius 2 is 1.50 bits per heavy atom. The van der Waals surface area contributed by atoms with Crippen LogP contribution in [0, 0.1) is 0 Å². The zero-order valence-corrected chi connectivity index (χ0v) is 9.12. The highest BCUT2D eigenvalue weighted by Gasteiger charge is 1.87. The summed E-state index contributed by atoms with van der Waals surface area (Å²) in [5, 5.41) is 15.6. The molecule has 0 aliphatic heterocycles. The van der Waals surface area contributed by atoms with Gasteiger partial charge in [-0.25, -0.2) is 0 Å². The number of rotatable bonds is 3. The van der Waals surface area contributed by atoms with Gasteiger partial charge in [-0.2, -0.15) is 0 Å². The molecule has 0 aromatic carbocycles. The molecule has 0 saturated carbocycles. The van der Waals surface area contributed by atoms with Crippen molar-refractivity contribution < 1.29 is 19.8 Å². The zero-order chi connectivity index (χ0) is 12.0. The van der Waals surface area contributed by atoms with Crippen molar-refractivity contribution in [3.05, 3.63) is 12.7 Å². The van der Waals surface area contributed by atoms with E-state index in [9.17, 15) is 9.59 Å². The Labute approximate surface area is 85.3 Å². The molecule has 0 radical (unpaired) electrons. The van der Waals surface area contributed by atoms with Crippen LogP contribution in [0.3, 0.4) is 0 Å². The molecule has 0 unspecified atom stereocenters. The highest BCUT2D eigenvalue weighted by molar-refractivity contribution is 5.66. The van der Waals surface area contributed by atoms with Gasteiger partial charge in [0.2, 0.25) is 0 Å². The van der Waals surface area contributed by atoms with Crippen LogP contribution in [0.5, 0.6) is 0 Å². The van der Waals surface area contributed by atoms with Gasteiger partial charge < -0.3 is 10.2 Å². The minimum absolute atomic E-state index is 0.222. The minimum atomic E-state index is -0.745. The monoisotopic (exact) mass is 204 g/mol. The Bertz CT molecular complexity index is 152. The molecule has 0 bridgehead atoms. The van der Waals surface area contributed by atoms with Gasteiger partial charge in [-0.05, 0) is 13.3 Å². The van der Waals surface area contributed by atoms with Gasteiger partial charge in [0.15, 0.2) is 0 Å². The van der Waals surface area contributed by atoms with Crippen LogP contribution >= 0.6 is 0 Å². The standard InChI is InChI=1S/C4H8O2.C3H6O2.C3H6/c1-2-3-4(5)6;1-2-3(4)5;1-3-2/h2-3H2,1H3,(H,5,6);2H2,1H3,(H,4,5);3H,1H2,2H3. The van der Waals surface area contributed by atoms with E-state index < -0.39 is 11.9 Å². The summed E-state index contributed by atoms with van der Waals surface area (Å²) >= 11 is 0. The molecule has 14 heavy (non-hydrogen) atoms. The van der Waals surface area contributed by atoms with Crippen LogP contribution < -0.4 is 0 Å². The van der Waals surface area contributed by atoms with Crippen LogP contribution in [0.25, 0.3) is 0 Å². The first-order valence-corrected chi connectivity index (χ1v) is 4.46. The lowest BCUT2D eigenvalue weighted by molar-refractivity contribution is -0.137. The van der Waals surface area contributed by atoms with E-state index in [0.717, 1.165) is 6.42 Å². The Hall–Kier alpha value is -1.32. The molecule has 0 spiro atoms. The van der Waals surface area contributed by atoms with Crippen LogP contribution in [0.4, 0.5) is 0 Å². The Morgan fingerprint density at radius 1 is 1.21 bits per heavy atom. The van der Waals surface area contributed by atoms with Gasteiger partial charge in [0, 0.05) is 12.8 Å². The lowest BCUT2D eigenvalue weighted by atomic mass is 10.4. The van der Waals surface area contributed by atoms with Crippen molar-refractivity contribution in [3.8, 4) is 0 Å². The van der Waals surface area contributed by atoms with Crippen LogP contribution in [0.2, 0.25) is 0 Å². The second kappa shape index (κ2) is 17.7. The Balaban J connectivity index is -0.000000138. The summed E-state index contributed by atoms with van der Waals surface area (Å²) in [5.74, 6) is -1.46. The summed E-state index contributed by atoms with van der Waals surface area (Å²) in [7, 11) is 0. The molecule has 0 saturated heterocycles. The molecular formula is C10H20O4. The van der Waals surface area contributed by atoms with Gasteiger partial charge in [0.25, 0.3) is 0 Å². The largest absolute Gasteiger partial charge is 0.481 e. The molecule has 0 heterocycles. The normalized spacial score (nSPS) is 7.07. The van der Waals surface area contributed by atoms with E-state index in [4.69, 9.17) is 10.2 Å². The van der Waals surface area contributed by atoms with E-state index in [0.29, 0.717) is 6.42 Å². The zero-order valence-electron chi connectivity index (χ0n) is 9.12. The first-order valence-electron chi connectivity index (χ1n) is 4.46. The number of allylic oxidation sites excluding steroid dienone is 1. The molecular weight excluding hydrogens is 184 g/mol. The van der Waals surface area contributed by atoms with E-state index in [1.807, 2.05) is 13.8 Å². The maximum absolute atomic E-state index is 9.60. The van der Waals surface area contributed by atoms with Crippen LogP contribution in [-0.4, -0.2) is 22.2 Å². The molecule has 4 nitrogen and oxygen atoms in total. The molecule has 0 aromatic rings. The average Bonchev–Trinajstić information content (AvgIpc) is 2.06. The fourth-order valence-corrected chi connectivity index (χ4v) is 0.214. The maximum Gasteiger partial charge on any atom is 0.303 e. The lowest BCUT2D eigenvalue weighted by Crippen LogP contribution is -1.90. The van der Waals surface area contributed by atoms with Gasteiger partial charge >= 0.3 is 11.9 Å². The quantitative estimate of drug-likeness (QED) is 0.693. The number of aliphatic carboxylic acids is 2. The summed E-state index contributed by atoms with van der Waals surface area (Å²) in [6.07, 6.45) is 3.00. The predicted octanol–water partition coefficient (Wildman–Crippen LogP) is 2.54. The van der Waals surface area contributed by atoms with Crippen molar-refractivity contribution >= 4 is 11.9 Å². The summed E-state index contributed by atoms with van der Waals surface area (Å²) in [6, 6.07) is 0. The van der Waals surface area contributed by atoms with Crippen LogP contribution in [-0.2, 0) is 9.59 Å². The maximum atomic E-state index is 9.60. The molecule has 0 rings (SSSR count). The first-order chi connectivity index (χ1) is 6.45. The van der Waals surface area contributed by atoms with Gasteiger partial charge in [-0.3, -0.25) is 9.59 Å². The Kier molecular flexibility index (Phi) is 23.3. The molecule has 0 fully saturated rings. The third-order valence-corrected chi connectivity index (χ3v) is 0.766. The number of carbonyl (C=O) groups is 2. The third-order valence-electron chi connectivity index (χ3n) is 0.766. The van der Waals surface area contributed by atoms with E-state index in [1.54, 1.807) is 13.0 Å². The highest BCUT2D eigenvalue weighted by atomic mass is 16.4. The molecule has 0 aromatic heterocycles. The molecule has 84 valence electrons. The van der Waals surface area contributed by atoms with E-state index in [-0.39, 0.29) is 6.42 Å². The third kappa shape index (κ3) is 73.9. The molecule has 0 amide bonds. The number of hydrogen-bond donors (Lipinski definition) is 2. The summed E-state index contributed by atoms with van der Waals surface area (Å²) in [4.78, 5) is 19.0. The van der Waals surface area contributed by atoms with Crippen molar-refractivity contribution in [2.75, 3.05) is 0 Å². The second-order valence-corrected chi connectivity index (χ2v) is 2.30. The topological polar surface area (TPSA) is 74.6 Å². The molecule has 0 aliphatic rings. The van der Waals surface area contributed by atoms with E-state index >= 15 is 0 Å². The number of carboxylic acid groups (broad SMARTS) is 2. The van der Waals surface area contributed by atoms with Crippen LogP contribution in [0.1, 0.15) is 40.0 Å². The summed E-state index contributed by atoms with van der Waals surface area (Å²) in [6.45, 7) is 8.69. The molecule has 0 aliphatic carbocycles. The molecule has 2 N–H and O–H groups in total. The SMILES string of the molecule is C=CC.CCC(=O)O.CCCC(=O)O. The first kappa shape index (κ1) is 18.5. The fraction of sp³-hybridized carbons (Fsp3) is 0.600. The van der Waals surface area contributed by atoms with Gasteiger partial charge in [-0.15, -0.1) is 6.58 Å². The highest BCUT2D eigenvalue weighted by Crippen LogP contribution is 1.82. The van der Waals surface area contributed by atoms with E-state index in [2.05, 4.69) is 6.58 Å². The van der Waals surface area contributed by atoms with Crippen molar-refractivity contribution in [2.24, 2.45) is 0 Å². The fourth-order valence-electron chi connectivity index (χ4n) is 0.214. The van der Waals surface area contributed by atoms with Crippen molar-refractivity contribution in [2.45, 2.75) is 40.0 Å². The van der Waals surface area contributed by atoms with Crippen LogP contribution in [0.15, 0.2) is 12.7 Å². The van der Waals surface area contributed by atoms with Crippen molar-refractivity contribution in [3.63, 3.8) is 0 Å². The number of hydrogen-bond acceptors (Lipinski definition) is 2. The molecule has 4 heteroatoms. The van der Waals surface area contributed by atoms with Gasteiger partial charge in [0.05, 0.1) is 0 Å². The average molecular weight is 204 g/mol. The smallest absolute Gasteiger partial charge is 0.303 e. The summed E-state index contributed by atoms with van der Waals surface area (Å²) < 4.78 is 0. The summed E-state index contributed by atoms with van der Waals surface area (Å²) in [5.41, 5.74) is 0. The lowest BCUT2D eigenvalue weighted by Gasteiger charge is -1.79. The van der Waals surface area contributed by atoms with Crippen molar-refractivity contribution in [1.82, 2.24) is 0 Å². The minimum Gasteiger partial charge on any atom is -0.481 e. The number of carboxylic acids is 2. The van der Waals surface area contributed by atoms with Gasteiger partial charge in [-0.1, -0.05) is 19.9 Å². The van der Waals surface area contributed by atoms with Crippen molar-refractivity contribution in [1.29, 1.82) is 0 Å². The molecule has 0 atom stereocenters. The van der Waals surface area contributed by atoms with Gasteiger partial charge in [0.1, 0.15) is 0 Å². The Morgan fingerprint density at radius 3 is 1.50 bits per heavy atom. The predicted molar refractivity (Wildman–Crippen MR) is 56.3 cm³/mol. The second-order valence-electron chi connectivity index (χ2n) is 2.30.